The van der Waals surface area contributed by atoms with E-state index in [1.165, 1.54) is 74.1 Å². The Bertz CT molecular complexity index is 604. The summed E-state index contributed by atoms with van der Waals surface area (Å²) in [7, 11) is 3.86. The second-order valence-corrected chi connectivity index (χ2v) is 8.64. The summed E-state index contributed by atoms with van der Waals surface area (Å²) in [5.74, 6) is -2.01. The summed E-state index contributed by atoms with van der Waals surface area (Å²) in [5.41, 5.74) is 0. The molecule has 0 bridgehead atoms. The van der Waals surface area contributed by atoms with Crippen molar-refractivity contribution < 1.29 is 55.9 Å². The van der Waals surface area contributed by atoms with E-state index >= 15 is 0 Å². The topological polar surface area (TPSA) is 140 Å². The Labute approximate surface area is 252 Å². The molecule has 0 saturated carbocycles. The van der Waals surface area contributed by atoms with Crippen LogP contribution in [0.3, 0.4) is 0 Å². The van der Waals surface area contributed by atoms with Gasteiger partial charge in [0.1, 0.15) is 38.4 Å². The second-order valence-electron chi connectivity index (χ2n) is 8.64. The predicted octanol–water partition coefficient (Wildman–Crippen LogP) is 5.68. The largest absolute Gasteiger partial charge is 0.300 e. The Morgan fingerprint density at radius 1 is 0.500 bits per heavy atom. The highest BCUT2D eigenvalue weighted by Gasteiger charge is 1.94. The minimum Gasteiger partial charge on any atom is -0.300 e. The van der Waals surface area contributed by atoms with Crippen molar-refractivity contribution in [1.82, 2.24) is 4.90 Å². The predicted molar refractivity (Wildman–Crippen MR) is 166 cm³/mol. The zero-order valence-electron chi connectivity index (χ0n) is 27.9. The van der Waals surface area contributed by atoms with Gasteiger partial charge in [-0.15, -0.1) is 0 Å². The molecule has 0 fully saturated rings. The molecule has 0 rings (SSSR count). The van der Waals surface area contributed by atoms with E-state index in [2.05, 4.69) is 20.5 Å². The normalized spacial score (nSPS) is 7.17. The molecular formula is C28H58BF4NO8. The molecule has 0 aliphatic carbocycles. The van der Waals surface area contributed by atoms with Crippen LogP contribution in [-0.4, -0.2) is 99.3 Å². The number of carbonyl (C=O) groups excluding carboxylic acids is 8. The van der Waals surface area contributed by atoms with E-state index in [0.717, 1.165) is 6.71 Å². The molecule has 0 amide bonds. The van der Waals surface area contributed by atoms with Crippen molar-refractivity contribution in [2.45, 2.75) is 97.1 Å². The van der Waals surface area contributed by atoms with Gasteiger partial charge in [-0.1, -0.05) is 27.9 Å². The van der Waals surface area contributed by atoms with Crippen molar-refractivity contribution in [1.29, 1.82) is 0 Å². The number of nitrogens with zero attached hydrogens (tertiary/aromatic N) is 1. The molecule has 0 atom stereocenters. The number of halogens is 4. The molecule has 0 aromatic rings. The standard InChI is InChI=1S/2C4H6O2.C3H9B.C3H8FN.2C3H5FO.2C3H6O.CH3F.CH4/c2*1-3(5)4(2)6;1-4(2)3;1-5(2)3-4;2*1-3(5)2-4;2*1-3(2)4;1-2;/h2*1-2H3;1-3H3;3H2,1-2H3;2*2H2,1H3;2*1-2H3;1H3;1H4. The SMILES string of the molecule is C.CB(C)C.CC(=O)C(C)=O.CC(=O)C(C)=O.CC(=O)CF.CC(=O)CF.CC(C)=O.CC(C)=O.CF.CN(C)CF. The van der Waals surface area contributed by atoms with Crippen LogP contribution >= 0.6 is 0 Å². The minimum absolute atomic E-state index is 0. The lowest BCUT2D eigenvalue weighted by Crippen LogP contribution is -2.07. The maximum Gasteiger partial charge on any atom is 0.195 e. The summed E-state index contributed by atoms with van der Waals surface area (Å²) in [6.45, 7) is 18.8. The van der Waals surface area contributed by atoms with Gasteiger partial charge in [-0.05, 0) is 55.6 Å². The van der Waals surface area contributed by atoms with Gasteiger partial charge in [0.15, 0.2) is 34.7 Å². The highest BCUT2D eigenvalue weighted by atomic mass is 19.1. The first kappa shape index (κ1) is 67.0. The molecule has 42 heavy (non-hydrogen) atoms. The molecule has 0 radical (unpaired) electrons. The van der Waals surface area contributed by atoms with Gasteiger partial charge >= 0.3 is 0 Å². The first-order valence-corrected chi connectivity index (χ1v) is 12.0. The van der Waals surface area contributed by atoms with Gasteiger partial charge in [0.25, 0.3) is 0 Å². The number of Topliss-reactive ketones (excluding diaryl/α,β-unsaturated/α-hetero) is 8. The van der Waals surface area contributed by atoms with E-state index in [-0.39, 0.29) is 48.9 Å². The molecule has 0 spiro atoms. The van der Waals surface area contributed by atoms with Gasteiger partial charge in [0.05, 0.1) is 7.18 Å². The molecule has 0 heterocycles. The third-order valence-corrected chi connectivity index (χ3v) is 1.61. The smallest absolute Gasteiger partial charge is 0.195 e. The van der Waals surface area contributed by atoms with Crippen LogP contribution < -0.4 is 0 Å². The van der Waals surface area contributed by atoms with Crippen molar-refractivity contribution >= 4 is 53.0 Å². The highest BCUT2D eigenvalue weighted by Crippen LogP contribution is 1.69. The summed E-state index contributed by atoms with van der Waals surface area (Å²) in [6.07, 6.45) is 0. The third kappa shape index (κ3) is 392. The molecule has 254 valence electrons. The fraction of sp³-hybridized carbons (Fsp3) is 0.714. The number of hydrogen-bond donors (Lipinski definition) is 0. The zero-order valence-corrected chi connectivity index (χ0v) is 27.9. The maximum absolute atomic E-state index is 11.0. The molecule has 0 aromatic carbocycles. The fourth-order valence-corrected chi connectivity index (χ4v) is 0. The quantitative estimate of drug-likeness (QED) is 0.164. The van der Waals surface area contributed by atoms with Gasteiger partial charge in [-0.25, -0.2) is 13.2 Å². The lowest BCUT2D eigenvalue weighted by Gasteiger charge is -1.96. The third-order valence-electron chi connectivity index (χ3n) is 1.61. The van der Waals surface area contributed by atoms with E-state index in [1.807, 2.05) is 0 Å². The van der Waals surface area contributed by atoms with Crippen molar-refractivity contribution in [3.8, 4) is 0 Å². The molecule has 0 unspecified atom stereocenters. The van der Waals surface area contributed by atoms with Crippen LogP contribution in [-0.2, 0) is 38.4 Å². The zero-order chi connectivity index (χ0) is 35.9. The number of alkyl halides is 4. The number of rotatable bonds is 5. The Kier molecular flexibility index (Phi) is 92.4. The van der Waals surface area contributed by atoms with Crippen molar-refractivity contribution in [2.75, 3.05) is 41.4 Å². The fourth-order valence-electron chi connectivity index (χ4n) is 0. The van der Waals surface area contributed by atoms with Crippen LogP contribution in [0.1, 0.15) is 76.7 Å². The Balaban J connectivity index is -0.0000000346. The molecule has 0 N–H and O–H groups in total. The summed E-state index contributed by atoms with van der Waals surface area (Å²) in [4.78, 5) is 78.4. The number of hydrogen-bond acceptors (Lipinski definition) is 9. The Hall–Kier alpha value is -2.90. The maximum atomic E-state index is 11.0. The van der Waals surface area contributed by atoms with Gasteiger partial charge in [0, 0.05) is 27.7 Å². The van der Waals surface area contributed by atoms with Gasteiger partial charge in [-0.3, -0.25) is 38.1 Å². The van der Waals surface area contributed by atoms with Crippen LogP contribution in [0, 0.1) is 0 Å². The molecular weight excluding hydrogens is 565 g/mol. The Morgan fingerprint density at radius 3 is 0.571 bits per heavy atom. The van der Waals surface area contributed by atoms with Crippen LogP contribution in [0.2, 0.25) is 20.5 Å². The van der Waals surface area contributed by atoms with E-state index < -0.39 is 24.9 Å². The summed E-state index contributed by atoms with van der Waals surface area (Å²) in [5, 5.41) is 0. The minimum atomic E-state index is -0.833. The lowest BCUT2D eigenvalue weighted by molar-refractivity contribution is -0.134. The van der Waals surface area contributed by atoms with Gasteiger partial charge in [-0.2, -0.15) is 0 Å². The van der Waals surface area contributed by atoms with Crippen LogP contribution in [0.15, 0.2) is 0 Å². The van der Waals surface area contributed by atoms with Gasteiger partial charge < -0.3 is 9.59 Å². The van der Waals surface area contributed by atoms with Crippen LogP contribution in [0.25, 0.3) is 0 Å². The van der Waals surface area contributed by atoms with E-state index in [9.17, 15) is 55.9 Å². The number of carbonyl (C=O) groups is 8. The van der Waals surface area contributed by atoms with Crippen LogP contribution in [0.4, 0.5) is 17.6 Å². The van der Waals surface area contributed by atoms with E-state index in [1.54, 1.807) is 14.1 Å². The molecule has 0 saturated heterocycles. The first-order valence-electron chi connectivity index (χ1n) is 12.0. The summed E-state index contributed by atoms with van der Waals surface area (Å²) >= 11 is 0. The molecule has 0 aromatic heterocycles. The monoisotopic (exact) mass is 623 g/mol. The Morgan fingerprint density at radius 2 is 0.571 bits per heavy atom. The van der Waals surface area contributed by atoms with E-state index in [4.69, 9.17) is 0 Å². The number of ketones is 8. The molecule has 0 aliphatic heterocycles. The highest BCUT2D eigenvalue weighted by molar-refractivity contribution is 6.54. The summed E-state index contributed by atoms with van der Waals surface area (Å²) in [6, 6.07) is 0. The van der Waals surface area contributed by atoms with Crippen LogP contribution in [0.5, 0.6) is 0 Å². The molecule has 9 nitrogen and oxygen atoms in total. The van der Waals surface area contributed by atoms with E-state index in [0.29, 0.717) is 7.18 Å². The second kappa shape index (κ2) is 57.9. The lowest BCUT2D eigenvalue weighted by atomic mass is 9.58. The van der Waals surface area contributed by atoms with Crippen molar-refractivity contribution in [2.24, 2.45) is 0 Å². The molecule has 14 heteroatoms. The van der Waals surface area contributed by atoms with Crippen molar-refractivity contribution in [3.63, 3.8) is 0 Å². The average Bonchev–Trinajstić information content (AvgIpc) is 2.80. The first-order chi connectivity index (χ1) is 18.3. The van der Waals surface area contributed by atoms with Gasteiger partial charge in [0.2, 0.25) is 0 Å². The van der Waals surface area contributed by atoms with Crippen molar-refractivity contribution in [3.05, 3.63) is 0 Å². The average molecular weight is 624 g/mol. The molecule has 0 aliphatic rings. The summed E-state index contributed by atoms with van der Waals surface area (Å²) < 4.78 is 42.1.